The Bertz CT molecular complexity index is 771. The number of piperidine rings is 1. The third kappa shape index (κ3) is 4.57. The summed E-state index contributed by atoms with van der Waals surface area (Å²) in [6.45, 7) is 3.85. The van der Waals surface area contributed by atoms with Gasteiger partial charge in [-0.15, -0.1) is 0 Å². The third-order valence-corrected chi connectivity index (χ3v) is 5.35. The number of aliphatic hydroxyl groups is 1. The zero-order valence-corrected chi connectivity index (χ0v) is 15.6. The Morgan fingerprint density at radius 2 is 1.89 bits per heavy atom. The average Bonchev–Trinajstić information content (AvgIpc) is 2.69. The maximum absolute atomic E-state index is 11.5. The molecule has 144 valence electrons. The lowest BCUT2D eigenvalue weighted by molar-refractivity contribution is 0.0684. The number of aromatic carboxylic acids is 1. The van der Waals surface area contributed by atoms with Gasteiger partial charge in [-0.2, -0.15) is 0 Å². The molecule has 0 saturated carbocycles. The van der Waals surface area contributed by atoms with E-state index >= 15 is 0 Å². The Labute approximate surface area is 159 Å². The molecule has 1 aliphatic rings. The summed E-state index contributed by atoms with van der Waals surface area (Å²) in [5.41, 5.74) is 0.827. The first kappa shape index (κ1) is 19.2. The van der Waals surface area contributed by atoms with Crippen LogP contribution >= 0.6 is 0 Å². The molecule has 0 atom stereocenters. The molecule has 2 N–H and O–H groups in total. The summed E-state index contributed by atoms with van der Waals surface area (Å²) in [4.78, 5) is 18.0. The van der Waals surface area contributed by atoms with Crippen molar-refractivity contribution in [3.8, 4) is 5.75 Å². The number of rotatable bonds is 7. The first-order chi connectivity index (χ1) is 13.0. The highest BCUT2D eigenvalue weighted by Crippen LogP contribution is 2.36. The molecule has 2 aromatic rings. The summed E-state index contributed by atoms with van der Waals surface area (Å²) in [5.74, 6) is 0.389. The number of para-hydroxylation sites is 1. The van der Waals surface area contributed by atoms with Crippen LogP contribution in [-0.2, 0) is 0 Å². The second-order valence-corrected chi connectivity index (χ2v) is 7.19. The first-order valence-electron chi connectivity index (χ1n) is 9.28. The second kappa shape index (κ2) is 8.39. The molecule has 6 nitrogen and oxygen atoms in total. The number of carboxylic acid groups (broad SMARTS) is 1. The summed E-state index contributed by atoms with van der Waals surface area (Å²) in [5, 5.41) is 19.4. The molecule has 1 fully saturated rings. The number of pyridine rings is 1. The van der Waals surface area contributed by atoms with E-state index in [-0.39, 0.29) is 17.6 Å². The number of carboxylic acids is 1. The summed E-state index contributed by atoms with van der Waals surface area (Å²) >= 11 is 0. The largest absolute Gasteiger partial charge is 0.494 e. The maximum Gasteiger partial charge on any atom is 0.339 e. The minimum absolute atomic E-state index is 0.103. The molecule has 0 spiro atoms. The van der Waals surface area contributed by atoms with Crippen molar-refractivity contribution in [1.82, 2.24) is 4.98 Å². The van der Waals surface area contributed by atoms with Gasteiger partial charge in [-0.25, -0.2) is 9.78 Å². The maximum atomic E-state index is 11.5. The molecule has 0 aliphatic carbocycles. The standard InChI is InChI=1S/C21H26N2O4/c1-16-7-8-18(20(25)26)19(22-16)23-12-9-21(15-24,10-13-23)11-14-27-17-5-3-2-4-6-17/h2-8,24H,9-15H2,1H3,(H,25,26). The fraction of sp³-hybridized carbons (Fsp3) is 0.429. The Morgan fingerprint density at radius 3 is 2.52 bits per heavy atom. The smallest absolute Gasteiger partial charge is 0.339 e. The predicted molar refractivity (Wildman–Crippen MR) is 103 cm³/mol. The van der Waals surface area contributed by atoms with Crippen LogP contribution in [0.3, 0.4) is 0 Å². The van der Waals surface area contributed by atoms with Crippen LogP contribution in [0.25, 0.3) is 0 Å². The van der Waals surface area contributed by atoms with Gasteiger partial charge in [-0.05, 0) is 50.5 Å². The predicted octanol–water partition coefficient (Wildman–Crippen LogP) is 3.14. The lowest BCUT2D eigenvalue weighted by Crippen LogP contribution is -2.43. The van der Waals surface area contributed by atoms with Gasteiger partial charge in [-0.1, -0.05) is 18.2 Å². The van der Waals surface area contributed by atoms with Gasteiger partial charge in [0.1, 0.15) is 17.1 Å². The summed E-state index contributed by atoms with van der Waals surface area (Å²) in [6.07, 6.45) is 2.31. The van der Waals surface area contributed by atoms with Crippen molar-refractivity contribution in [2.24, 2.45) is 5.41 Å². The molecule has 1 saturated heterocycles. The van der Waals surface area contributed by atoms with E-state index in [1.165, 1.54) is 0 Å². The summed E-state index contributed by atoms with van der Waals surface area (Å²) in [6, 6.07) is 13.0. The van der Waals surface area contributed by atoms with E-state index in [0.717, 1.165) is 30.7 Å². The van der Waals surface area contributed by atoms with Crippen LogP contribution in [0.5, 0.6) is 5.75 Å². The number of carbonyl (C=O) groups is 1. The van der Waals surface area contributed by atoms with E-state index in [1.807, 2.05) is 42.2 Å². The zero-order chi connectivity index (χ0) is 19.3. The van der Waals surface area contributed by atoms with Gasteiger partial charge in [0, 0.05) is 30.8 Å². The highest BCUT2D eigenvalue weighted by Gasteiger charge is 2.35. The van der Waals surface area contributed by atoms with Gasteiger partial charge in [0.05, 0.1) is 6.61 Å². The van der Waals surface area contributed by atoms with Crippen LogP contribution in [0.2, 0.25) is 0 Å². The SMILES string of the molecule is Cc1ccc(C(=O)O)c(N2CCC(CO)(CCOc3ccccc3)CC2)n1. The van der Waals surface area contributed by atoms with Crippen molar-refractivity contribution in [2.45, 2.75) is 26.2 Å². The molecule has 0 bridgehead atoms. The second-order valence-electron chi connectivity index (χ2n) is 7.19. The van der Waals surface area contributed by atoms with Gasteiger partial charge in [0.2, 0.25) is 0 Å². The molecule has 2 heterocycles. The molecule has 1 aromatic carbocycles. The van der Waals surface area contributed by atoms with E-state index in [1.54, 1.807) is 12.1 Å². The Hall–Kier alpha value is -2.60. The fourth-order valence-electron chi connectivity index (χ4n) is 3.53. The van der Waals surface area contributed by atoms with E-state index < -0.39 is 5.97 Å². The molecule has 1 aromatic heterocycles. The van der Waals surface area contributed by atoms with E-state index in [9.17, 15) is 15.0 Å². The summed E-state index contributed by atoms with van der Waals surface area (Å²) in [7, 11) is 0. The Kier molecular flexibility index (Phi) is 5.96. The normalized spacial score (nSPS) is 16.1. The number of anilines is 1. The van der Waals surface area contributed by atoms with Crippen molar-refractivity contribution in [3.05, 3.63) is 53.7 Å². The fourth-order valence-corrected chi connectivity index (χ4v) is 3.53. The van der Waals surface area contributed by atoms with E-state index in [2.05, 4.69) is 4.98 Å². The van der Waals surface area contributed by atoms with Gasteiger partial charge in [0.25, 0.3) is 0 Å². The lowest BCUT2D eigenvalue weighted by atomic mass is 9.76. The lowest BCUT2D eigenvalue weighted by Gasteiger charge is -2.41. The van der Waals surface area contributed by atoms with Crippen LogP contribution in [0, 0.1) is 12.3 Å². The van der Waals surface area contributed by atoms with Crippen LogP contribution in [0.4, 0.5) is 5.82 Å². The quantitative estimate of drug-likeness (QED) is 0.779. The zero-order valence-electron chi connectivity index (χ0n) is 15.6. The van der Waals surface area contributed by atoms with Gasteiger partial charge in [0.15, 0.2) is 0 Å². The van der Waals surface area contributed by atoms with Crippen molar-refractivity contribution in [3.63, 3.8) is 0 Å². The number of ether oxygens (including phenoxy) is 1. The minimum Gasteiger partial charge on any atom is -0.494 e. The van der Waals surface area contributed by atoms with Crippen LogP contribution < -0.4 is 9.64 Å². The molecule has 27 heavy (non-hydrogen) atoms. The highest BCUT2D eigenvalue weighted by molar-refractivity contribution is 5.93. The molecular weight excluding hydrogens is 344 g/mol. The van der Waals surface area contributed by atoms with E-state index in [4.69, 9.17) is 4.74 Å². The third-order valence-electron chi connectivity index (χ3n) is 5.35. The van der Waals surface area contributed by atoms with Crippen LogP contribution in [0.1, 0.15) is 35.3 Å². The van der Waals surface area contributed by atoms with Crippen molar-refractivity contribution < 1.29 is 19.7 Å². The van der Waals surface area contributed by atoms with Crippen molar-refractivity contribution >= 4 is 11.8 Å². The van der Waals surface area contributed by atoms with Crippen molar-refractivity contribution in [1.29, 1.82) is 0 Å². The van der Waals surface area contributed by atoms with Gasteiger partial charge in [-0.3, -0.25) is 0 Å². The number of aromatic nitrogens is 1. The topological polar surface area (TPSA) is 82.9 Å². The molecular formula is C21H26N2O4. The van der Waals surface area contributed by atoms with E-state index in [0.29, 0.717) is 25.5 Å². The molecule has 1 aliphatic heterocycles. The van der Waals surface area contributed by atoms with Gasteiger partial charge < -0.3 is 19.8 Å². The van der Waals surface area contributed by atoms with Gasteiger partial charge >= 0.3 is 5.97 Å². The summed E-state index contributed by atoms with van der Waals surface area (Å²) < 4.78 is 5.80. The number of hydrogen-bond acceptors (Lipinski definition) is 5. The number of aliphatic hydroxyl groups excluding tert-OH is 1. The van der Waals surface area contributed by atoms with Crippen LogP contribution in [0.15, 0.2) is 42.5 Å². The highest BCUT2D eigenvalue weighted by atomic mass is 16.5. The average molecular weight is 370 g/mol. The number of benzene rings is 1. The first-order valence-corrected chi connectivity index (χ1v) is 9.28. The number of aryl methyl sites for hydroxylation is 1. The molecule has 3 rings (SSSR count). The Morgan fingerprint density at radius 1 is 1.19 bits per heavy atom. The monoisotopic (exact) mass is 370 g/mol. The number of nitrogens with zero attached hydrogens (tertiary/aromatic N) is 2. The molecule has 0 radical (unpaired) electrons. The molecule has 0 unspecified atom stereocenters. The number of hydrogen-bond donors (Lipinski definition) is 2. The van der Waals surface area contributed by atoms with Crippen molar-refractivity contribution in [2.75, 3.05) is 31.2 Å². The Balaban J connectivity index is 1.62. The van der Waals surface area contributed by atoms with Crippen LogP contribution in [-0.4, -0.2) is 47.5 Å². The minimum atomic E-state index is -0.965. The molecule has 0 amide bonds. The molecule has 6 heteroatoms.